The standard InChI is InChI=1S/C16H16F3N3S/c17-16(18,19)12-6-3-5-10-11(4-1-2-7-20)14(22-13(10)12)15-21-8-9-23-15/h3,5-6,8-9,22H,1-2,4,7,20H2. The molecule has 0 bridgehead atoms. The predicted molar refractivity (Wildman–Crippen MR) is 86.4 cm³/mol. The fourth-order valence-electron chi connectivity index (χ4n) is 2.75. The number of rotatable bonds is 5. The van der Waals surface area contributed by atoms with Gasteiger partial charge in [0.2, 0.25) is 0 Å². The molecule has 0 amide bonds. The summed E-state index contributed by atoms with van der Waals surface area (Å²) in [4.78, 5) is 7.21. The summed E-state index contributed by atoms with van der Waals surface area (Å²) in [6.07, 6.45) is -0.396. The molecule has 7 heteroatoms. The number of hydrogen-bond donors (Lipinski definition) is 2. The molecule has 3 nitrogen and oxygen atoms in total. The second-order valence-electron chi connectivity index (χ2n) is 5.29. The van der Waals surface area contributed by atoms with Crippen LogP contribution in [0.15, 0.2) is 29.8 Å². The van der Waals surface area contributed by atoms with E-state index in [0.29, 0.717) is 29.1 Å². The fraction of sp³-hybridized carbons (Fsp3) is 0.312. The van der Waals surface area contributed by atoms with Gasteiger partial charge in [0, 0.05) is 17.0 Å². The van der Waals surface area contributed by atoms with Crippen molar-refractivity contribution < 1.29 is 13.2 Å². The molecule has 3 rings (SSSR count). The third kappa shape index (κ3) is 3.11. The number of nitrogens with two attached hydrogens (primary N) is 1. The zero-order valence-corrected chi connectivity index (χ0v) is 13.1. The molecule has 3 aromatic rings. The minimum atomic E-state index is -4.39. The highest BCUT2D eigenvalue weighted by atomic mass is 32.1. The third-order valence-corrected chi connectivity index (χ3v) is 4.56. The van der Waals surface area contributed by atoms with Crippen molar-refractivity contribution in [2.24, 2.45) is 5.73 Å². The summed E-state index contributed by atoms with van der Waals surface area (Å²) in [6, 6.07) is 4.29. The van der Waals surface area contributed by atoms with Gasteiger partial charge < -0.3 is 10.7 Å². The van der Waals surface area contributed by atoms with Gasteiger partial charge in [0.15, 0.2) is 0 Å². The first-order chi connectivity index (χ1) is 11.0. The molecule has 0 spiro atoms. The molecule has 2 aromatic heterocycles. The van der Waals surface area contributed by atoms with Crippen molar-refractivity contribution in [3.05, 3.63) is 40.9 Å². The molecule has 0 aliphatic carbocycles. The van der Waals surface area contributed by atoms with Crippen LogP contribution in [-0.2, 0) is 12.6 Å². The number of halogens is 3. The molecular formula is C16H16F3N3S. The molecule has 0 atom stereocenters. The van der Waals surface area contributed by atoms with E-state index < -0.39 is 11.7 Å². The van der Waals surface area contributed by atoms with Crippen molar-refractivity contribution in [1.82, 2.24) is 9.97 Å². The number of H-pyrrole nitrogens is 1. The minimum absolute atomic E-state index is 0.132. The maximum absolute atomic E-state index is 13.3. The van der Waals surface area contributed by atoms with Crippen molar-refractivity contribution in [2.45, 2.75) is 25.4 Å². The van der Waals surface area contributed by atoms with Gasteiger partial charge in [-0.05, 0) is 37.4 Å². The summed E-state index contributed by atoms with van der Waals surface area (Å²) >= 11 is 1.41. The summed E-state index contributed by atoms with van der Waals surface area (Å²) in [5.41, 5.74) is 6.59. The minimum Gasteiger partial charge on any atom is -0.352 e. The van der Waals surface area contributed by atoms with Crippen LogP contribution in [0.1, 0.15) is 24.0 Å². The van der Waals surface area contributed by atoms with Crippen LogP contribution in [0.5, 0.6) is 0 Å². The predicted octanol–water partition coefficient (Wildman–Crippen LogP) is 4.59. The van der Waals surface area contributed by atoms with Crippen LogP contribution in [0.2, 0.25) is 0 Å². The maximum atomic E-state index is 13.3. The second kappa shape index (κ2) is 6.33. The number of benzene rings is 1. The number of unbranched alkanes of at least 4 members (excludes halogenated alkanes) is 1. The van der Waals surface area contributed by atoms with Crippen molar-refractivity contribution in [3.8, 4) is 10.7 Å². The highest BCUT2D eigenvalue weighted by Crippen LogP contribution is 2.39. The van der Waals surface area contributed by atoms with E-state index in [4.69, 9.17) is 5.73 Å². The Morgan fingerprint density at radius 3 is 2.70 bits per heavy atom. The zero-order valence-electron chi connectivity index (χ0n) is 12.3. The van der Waals surface area contributed by atoms with Crippen LogP contribution >= 0.6 is 11.3 Å². The summed E-state index contributed by atoms with van der Waals surface area (Å²) < 4.78 is 39.8. The lowest BCUT2D eigenvalue weighted by Crippen LogP contribution is -2.05. The van der Waals surface area contributed by atoms with E-state index in [1.807, 2.05) is 5.38 Å². The Bertz CT molecular complexity index is 791. The maximum Gasteiger partial charge on any atom is 0.418 e. The Hall–Kier alpha value is -1.86. The van der Waals surface area contributed by atoms with E-state index in [1.54, 1.807) is 12.3 Å². The molecule has 1 aromatic carbocycles. The molecule has 3 N–H and O–H groups in total. The van der Waals surface area contributed by atoms with Gasteiger partial charge in [-0.2, -0.15) is 13.2 Å². The largest absolute Gasteiger partial charge is 0.418 e. The van der Waals surface area contributed by atoms with Gasteiger partial charge in [0.25, 0.3) is 0 Å². The number of para-hydroxylation sites is 1. The number of alkyl halides is 3. The summed E-state index contributed by atoms with van der Waals surface area (Å²) in [7, 11) is 0. The average Bonchev–Trinajstić information content (AvgIpc) is 3.13. The molecule has 0 fully saturated rings. The Morgan fingerprint density at radius 2 is 2.04 bits per heavy atom. The number of aromatic nitrogens is 2. The van der Waals surface area contributed by atoms with Crippen LogP contribution < -0.4 is 5.73 Å². The first kappa shape index (κ1) is 16.0. The highest BCUT2D eigenvalue weighted by molar-refractivity contribution is 7.13. The number of nitrogens with one attached hydrogen (secondary N) is 1. The van der Waals surface area contributed by atoms with E-state index in [-0.39, 0.29) is 5.52 Å². The molecule has 122 valence electrons. The Balaban J connectivity index is 2.18. The normalized spacial score (nSPS) is 12.2. The van der Waals surface area contributed by atoms with Gasteiger partial charge in [-0.15, -0.1) is 11.3 Å². The Morgan fingerprint density at radius 1 is 1.22 bits per heavy atom. The SMILES string of the molecule is NCCCCc1c(-c2nccs2)[nH]c2c(C(F)(F)F)cccc12. The van der Waals surface area contributed by atoms with Crippen LogP contribution in [0.3, 0.4) is 0 Å². The zero-order chi connectivity index (χ0) is 16.4. The van der Waals surface area contributed by atoms with Crippen LogP contribution in [0, 0.1) is 0 Å². The van der Waals surface area contributed by atoms with Gasteiger partial charge in [0.05, 0.1) is 16.8 Å². The van der Waals surface area contributed by atoms with E-state index >= 15 is 0 Å². The fourth-order valence-corrected chi connectivity index (χ4v) is 3.41. The van der Waals surface area contributed by atoms with E-state index in [1.165, 1.54) is 17.4 Å². The average molecular weight is 339 g/mol. The number of aryl methyl sites for hydroxylation is 1. The second-order valence-corrected chi connectivity index (χ2v) is 6.18. The topological polar surface area (TPSA) is 54.7 Å². The Labute approximate surface area is 135 Å². The summed E-state index contributed by atoms with van der Waals surface area (Å²) in [6.45, 7) is 0.572. The first-order valence-corrected chi connectivity index (χ1v) is 8.21. The van der Waals surface area contributed by atoms with Crippen LogP contribution in [-0.4, -0.2) is 16.5 Å². The number of fused-ring (bicyclic) bond motifs is 1. The van der Waals surface area contributed by atoms with Crippen molar-refractivity contribution in [2.75, 3.05) is 6.54 Å². The molecule has 0 saturated heterocycles. The van der Waals surface area contributed by atoms with Gasteiger partial charge in [-0.3, -0.25) is 0 Å². The lowest BCUT2D eigenvalue weighted by Gasteiger charge is -2.07. The van der Waals surface area contributed by atoms with Gasteiger partial charge >= 0.3 is 6.18 Å². The smallest absolute Gasteiger partial charge is 0.352 e. The summed E-state index contributed by atoms with van der Waals surface area (Å²) in [5, 5.41) is 3.13. The lowest BCUT2D eigenvalue weighted by molar-refractivity contribution is -0.136. The molecule has 0 aliphatic heterocycles. The van der Waals surface area contributed by atoms with Crippen LogP contribution in [0.25, 0.3) is 21.6 Å². The van der Waals surface area contributed by atoms with Crippen molar-refractivity contribution in [1.29, 1.82) is 0 Å². The monoisotopic (exact) mass is 339 g/mol. The van der Waals surface area contributed by atoms with Crippen LogP contribution in [0.4, 0.5) is 13.2 Å². The molecule has 0 radical (unpaired) electrons. The van der Waals surface area contributed by atoms with Gasteiger partial charge in [-0.1, -0.05) is 12.1 Å². The van der Waals surface area contributed by atoms with Gasteiger partial charge in [-0.25, -0.2) is 4.98 Å². The first-order valence-electron chi connectivity index (χ1n) is 7.33. The molecule has 2 heterocycles. The molecule has 23 heavy (non-hydrogen) atoms. The van der Waals surface area contributed by atoms with E-state index in [9.17, 15) is 13.2 Å². The van der Waals surface area contributed by atoms with Crippen molar-refractivity contribution in [3.63, 3.8) is 0 Å². The Kier molecular flexibility index (Phi) is 4.41. The number of aromatic amines is 1. The van der Waals surface area contributed by atoms with Gasteiger partial charge in [0.1, 0.15) is 5.01 Å². The molecule has 0 aliphatic rings. The third-order valence-electron chi connectivity index (χ3n) is 3.77. The number of nitrogens with zero attached hydrogens (tertiary/aromatic N) is 1. The molecule has 0 unspecified atom stereocenters. The van der Waals surface area contributed by atoms with E-state index in [0.717, 1.165) is 24.5 Å². The lowest BCUT2D eigenvalue weighted by atomic mass is 10.0. The molecular weight excluding hydrogens is 323 g/mol. The number of thiazole rings is 1. The quantitative estimate of drug-likeness (QED) is 0.668. The summed E-state index contributed by atoms with van der Waals surface area (Å²) in [5.74, 6) is 0. The number of hydrogen-bond acceptors (Lipinski definition) is 3. The highest BCUT2D eigenvalue weighted by Gasteiger charge is 2.34. The van der Waals surface area contributed by atoms with E-state index in [2.05, 4.69) is 9.97 Å². The van der Waals surface area contributed by atoms with Crippen molar-refractivity contribution >= 4 is 22.2 Å². The molecule has 0 saturated carbocycles.